The molecule has 1 aliphatic heterocycles. The van der Waals surface area contributed by atoms with Gasteiger partial charge in [0, 0.05) is 13.1 Å². The number of nitrogens with one attached hydrogen (secondary N) is 2. The third kappa shape index (κ3) is 7.32. The number of rotatable bonds is 9. The second-order valence-electron chi connectivity index (χ2n) is 6.00. The molecule has 2 unspecified atom stereocenters. The highest BCUT2D eigenvalue weighted by Crippen LogP contribution is 2.09. The van der Waals surface area contributed by atoms with E-state index < -0.39 is 12.0 Å². The summed E-state index contributed by atoms with van der Waals surface area (Å²) in [5.74, 6) is -0.600. The summed E-state index contributed by atoms with van der Waals surface area (Å²) in [6.07, 6.45) is 4.71. The van der Waals surface area contributed by atoms with E-state index in [9.17, 15) is 9.59 Å². The number of unbranched alkanes of at least 4 members (excludes halogenated alkanes) is 1. The Hall–Kier alpha value is -1.30. The highest BCUT2D eigenvalue weighted by molar-refractivity contribution is 5.82. The van der Waals surface area contributed by atoms with Crippen LogP contribution in [0.5, 0.6) is 0 Å². The number of carboxylic acids is 1. The Labute approximate surface area is 127 Å². The van der Waals surface area contributed by atoms with Crippen LogP contribution >= 0.6 is 0 Å². The molecule has 6 nitrogen and oxygen atoms in total. The van der Waals surface area contributed by atoms with E-state index >= 15 is 0 Å². The first-order valence-corrected chi connectivity index (χ1v) is 8.02. The average Bonchev–Trinajstić information content (AvgIpc) is 2.93. The van der Waals surface area contributed by atoms with E-state index in [0.29, 0.717) is 18.9 Å². The number of amides is 2. The van der Waals surface area contributed by atoms with Gasteiger partial charge in [-0.2, -0.15) is 0 Å². The van der Waals surface area contributed by atoms with Crippen molar-refractivity contribution >= 4 is 12.0 Å². The maximum Gasteiger partial charge on any atom is 0.326 e. The zero-order valence-electron chi connectivity index (χ0n) is 13.2. The molecule has 0 aromatic rings. The molecule has 0 radical (unpaired) electrons. The summed E-state index contributed by atoms with van der Waals surface area (Å²) in [4.78, 5) is 25.2. The summed E-state index contributed by atoms with van der Waals surface area (Å²) in [6, 6.07) is -1.18. The molecule has 1 rings (SSSR count). The van der Waals surface area contributed by atoms with Gasteiger partial charge in [0.25, 0.3) is 0 Å². The number of urea groups is 1. The summed E-state index contributed by atoms with van der Waals surface area (Å²) in [7, 11) is 0. The first-order valence-electron chi connectivity index (χ1n) is 8.02. The molecule has 0 aliphatic carbocycles. The van der Waals surface area contributed by atoms with Crippen molar-refractivity contribution in [2.45, 2.75) is 52.0 Å². The Balaban J connectivity index is 2.22. The Morgan fingerprint density at radius 1 is 1.29 bits per heavy atom. The number of hydrogen-bond acceptors (Lipinski definition) is 3. The number of hydrogen-bond donors (Lipinski definition) is 3. The molecule has 1 aliphatic rings. The van der Waals surface area contributed by atoms with Crippen molar-refractivity contribution in [3.8, 4) is 0 Å². The number of nitrogens with zero attached hydrogens (tertiary/aromatic N) is 1. The lowest BCUT2D eigenvalue weighted by Gasteiger charge is -2.21. The molecule has 122 valence electrons. The van der Waals surface area contributed by atoms with Crippen LogP contribution in [0.3, 0.4) is 0 Å². The van der Waals surface area contributed by atoms with E-state index in [4.69, 9.17) is 5.11 Å². The van der Waals surface area contributed by atoms with Gasteiger partial charge in [0.05, 0.1) is 0 Å². The van der Waals surface area contributed by atoms with Crippen molar-refractivity contribution < 1.29 is 14.7 Å². The van der Waals surface area contributed by atoms with Crippen LogP contribution in [0.15, 0.2) is 0 Å². The number of carbonyl (C=O) groups is 2. The third-order valence-corrected chi connectivity index (χ3v) is 3.83. The third-order valence-electron chi connectivity index (χ3n) is 3.83. The zero-order valence-corrected chi connectivity index (χ0v) is 13.2. The van der Waals surface area contributed by atoms with Gasteiger partial charge in [-0.15, -0.1) is 0 Å². The number of likely N-dealkylation sites (tertiary alicyclic amines) is 1. The Bertz CT molecular complexity index is 330. The van der Waals surface area contributed by atoms with Crippen LogP contribution in [0, 0.1) is 5.92 Å². The summed E-state index contributed by atoms with van der Waals surface area (Å²) in [6.45, 7) is 7.95. The second-order valence-corrected chi connectivity index (χ2v) is 6.00. The number of carbonyl (C=O) groups excluding carboxylic acids is 1. The molecule has 0 saturated carbocycles. The molecular weight excluding hydrogens is 270 g/mol. The van der Waals surface area contributed by atoms with Gasteiger partial charge in [-0.1, -0.05) is 26.7 Å². The highest BCUT2D eigenvalue weighted by Gasteiger charge is 2.20. The molecule has 0 aromatic heterocycles. The molecule has 21 heavy (non-hydrogen) atoms. The zero-order chi connectivity index (χ0) is 15.7. The fourth-order valence-electron chi connectivity index (χ4n) is 2.61. The lowest BCUT2D eigenvalue weighted by atomic mass is 10.1. The minimum Gasteiger partial charge on any atom is -0.480 e. The fraction of sp³-hybridized carbons (Fsp3) is 0.867. The Kier molecular flexibility index (Phi) is 8.12. The average molecular weight is 299 g/mol. The predicted octanol–water partition coefficient (Wildman–Crippen LogP) is 1.66. The van der Waals surface area contributed by atoms with Gasteiger partial charge in [0.2, 0.25) is 0 Å². The number of aliphatic carboxylic acids is 1. The maximum absolute atomic E-state index is 11.8. The van der Waals surface area contributed by atoms with Crippen molar-refractivity contribution in [1.82, 2.24) is 15.5 Å². The van der Waals surface area contributed by atoms with E-state index in [1.54, 1.807) is 0 Å². The first kappa shape index (κ1) is 17.8. The first-order chi connectivity index (χ1) is 10.0. The Morgan fingerprint density at radius 2 is 1.95 bits per heavy atom. The molecule has 2 amide bonds. The summed E-state index contributed by atoms with van der Waals surface area (Å²) < 4.78 is 0. The molecule has 2 atom stereocenters. The topological polar surface area (TPSA) is 81.7 Å². The fourth-order valence-corrected chi connectivity index (χ4v) is 2.61. The summed E-state index contributed by atoms with van der Waals surface area (Å²) in [5.41, 5.74) is 0. The Morgan fingerprint density at radius 3 is 2.52 bits per heavy atom. The molecule has 3 N–H and O–H groups in total. The molecule has 1 heterocycles. The van der Waals surface area contributed by atoms with Crippen LogP contribution in [0.2, 0.25) is 0 Å². The maximum atomic E-state index is 11.8. The van der Waals surface area contributed by atoms with E-state index in [1.165, 1.54) is 12.8 Å². The molecule has 0 bridgehead atoms. The molecular formula is C15H29N3O3. The van der Waals surface area contributed by atoms with E-state index in [2.05, 4.69) is 22.5 Å². The second kappa shape index (κ2) is 9.60. The minimum atomic E-state index is -0.969. The van der Waals surface area contributed by atoms with Gasteiger partial charge >= 0.3 is 12.0 Å². The standard InChI is InChI=1S/C15H29N3O3/c1-3-4-7-13(14(19)20)17-15(21)16-10-12(2)11-18-8-5-6-9-18/h12-13H,3-11H2,1-2H3,(H,19,20)(H2,16,17,21). The van der Waals surface area contributed by atoms with Crippen LogP contribution < -0.4 is 10.6 Å². The van der Waals surface area contributed by atoms with Crippen molar-refractivity contribution in [2.75, 3.05) is 26.2 Å². The summed E-state index contributed by atoms with van der Waals surface area (Å²) in [5, 5.41) is 14.4. The molecule has 0 aromatic carbocycles. The van der Waals surface area contributed by atoms with Crippen LogP contribution in [0.4, 0.5) is 4.79 Å². The predicted molar refractivity (Wildman–Crippen MR) is 82.3 cm³/mol. The molecule has 0 spiro atoms. The summed E-state index contributed by atoms with van der Waals surface area (Å²) >= 11 is 0. The van der Waals surface area contributed by atoms with Crippen LogP contribution in [0.1, 0.15) is 46.0 Å². The lowest BCUT2D eigenvalue weighted by molar-refractivity contribution is -0.139. The molecule has 1 saturated heterocycles. The van der Waals surface area contributed by atoms with Gasteiger partial charge < -0.3 is 20.6 Å². The molecule has 1 fully saturated rings. The van der Waals surface area contributed by atoms with Crippen molar-refractivity contribution in [3.63, 3.8) is 0 Å². The van der Waals surface area contributed by atoms with Gasteiger partial charge in [0.15, 0.2) is 0 Å². The van der Waals surface area contributed by atoms with Gasteiger partial charge in [-0.25, -0.2) is 9.59 Å². The quantitative estimate of drug-likeness (QED) is 0.605. The normalized spacial score (nSPS) is 18.2. The SMILES string of the molecule is CCCCC(NC(=O)NCC(C)CN1CCCC1)C(=O)O. The monoisotopic (exact) mass is 299 g/mol. The highest BCUT2D eigenvalue weighted by atomic mass is 16.4. The van der Waals surface area contributed by atoms with Crippen LogP contribution in [-0.2, 0) is 4.79 Å². The van der Waals surface area contributed by atoms with Crippen LogP contribution in [-0.4, -0.2) is 54.2 Å². The van der Waals surface area contributed by atoms with Crippen molar-refractivity contribution in [1.29, 1.82) is 0 Å². The van der Waals surface area contributed by atoms with Crippen LogP contribution in [0.25, 0.3) is 0 Å². The smallest absolute Gasteiger partial charge is 0.326 e. The largest absolute Gasteiger partial charge is 0.480 e. The van der Waals surface area contributed by atoms with Crippen molar-refractivity contribution in [2.24, 2.45) is 5.92 Å². The van der Waals surface area contributed by atoms with E-state index in [-0.39, 0.29) is 6.03 Å². The van der Waals surface area contributed by atoms with E-state index in [1.807, 2.05) is 6.92 Å². The minimum absolute atomic E-state index is 0.368. The molecule has 6 heteroatoms. The van der Waals surface area contributed by atoms with Gasteiger partial charge in [-0.3, -0.25) is 0 Å². The van der Waals surface area contributed by atoms with Gasteiger partial charge in [0.1, 0.15) is 6.04 Å². The number of carboxylic acid groups (broad SMARTS) is 1. The lowest BCUT2D eigenvalue weighted by Crippen LogP contribution is -2.47. The van der Waals surface area contributed by atoms with Gasteiger partial charge in [-0.05, 0) is 38.3 Å². The van der Waals surface area contributed by atoms with Crippen molar-refractivity contribution in [3.05, 3.63) is 0 Å². The van der Waals surface area contributed by atoms with E-state index in [0.717, 1.165) is 32.5 Å².